The maximum absolute atomic E-state index is 13.8. The van der Waals surface area contributed by atoms with Gasteiger partial charge in [-0.3, -0.25) is 0 Å². The summed E-state index contributed by atoms with van der Waals surface area (Å²) in [7, 11) is 1.32. The Morgan fingerprint density at radius 2 is 2.24 bits per heavy atom. The van der Waals surface area contributed by atoms with Crippen molar-refractivity contribution in [3.05, 3.63) is 27.7 Å². The van der Waals surface area contributed by atoms with Crippen molar-refractivity contribution in [2.45, 2.75) is 25.3 Å². The predicted octanol–water partition coefficient (Wildman–Crippen LogP) is 3.03. The summed E-state index contributed by atoms with van der Waals surface area (Å²) in [4.78, 5) is 0. The monoisotopic (exact) mass is 305 g/mol. The summed E-state index contributed by atoms with van der Waals surface area (Å²) in [6.45, 7) is 0.950. The van der Waals surface area contributed by atoms with Crippen LogP contribution in [0.5, 0.6) is 5.75 Å². The van der Waals surface area contributed by atoms with Crippen molar-refractivity contribution in [2.75, 3.05) is 13.7 Å². The number of benzene rings is 1. The van der Waals surface area contributed by atoms with Crippen LogP contribution in [0.25, 0.3) is 0 Å². The summed E-state index contributed by atoms with van der Waals surface area (Å²) >= 11 is 3.19. The van der Waals surface area contributed by atoms with Crippen LogP contribution in [-0.2, 0) is 6.42 Å². The van der Waals surface area contributed by atoms with Gasteiger partial charge in [-0.2, -0.15) is 4.39 Å². The molecule has 2 nitrogen and oxygen atoms in total. The number of hydrogen-bond acceptors (Lipinski definition) is 2. The van der Waals surface area contributed by atoms with Crippen molar-refractivity contribution in [2.24, 2.45) is 0 Å². The lowest BCUT2D eigenvalue weighted by Crippen LogP contribution is -2.24. The van der Waals surface area contributed by atoms with Crippen LogP contribution < -0.4 is 10.1 Å². The normalized spacial score (nSPS) is 19.6. The molecule has 1 N–H and O–H groups in total. The molecule has 5 heteroatoms. The summed E-state index contributed by atoms with van der Waals surface area (Å²) in [5, 5.41) is 3.26. The van der Waals surface area contributed by atoms with Crippen molar-refractivity contribution in [1.29, 1.82) is 0 Å². The Balaban J connectivity index is 2.28. The number of ether oxygens (including phenoxy) is 1. The lowest BCUT2D eigenvalue weighted by Gasteiger charge is -2.13. The first-order chi connectivity index (χ1) is 8.13. The average molecular weight is 306 g/mol. The first-order valence-corrected chi connectivity index (χ1v) is 6.36. The minimum Gasteiger partial charge on any atom is -0.492 e. The Bertz CT molecular complexity index is 419. The Kier molecular flexibility index (Phi) is 3.99. The topological polar surface area (TPSA) is 21.3 Å². The molecule has 0 spiro atoms. The van der Waals surface area contributed by atoms with Gasteiger partial charge in [0, 0.05) is 6.04 Å². The van der Waals surface area contributed by atoms with Crippen LogP contribution in [0.1, 0.15) is 18.4 Å². The largest absolute Gasteiger partial charge is 0.492 e. The fourth-order valence-electron chi connectivity index (χ4n) is 2.16. The number of rotatable bonds is 3. The molecule has 0 radical (unpaired) electrons. The molecule has 0 bridgehead atoms. The van der Waals surface area contributed by atoms with Gasteiger partial charge in [0.1, 0.15) is 0 Å². The standard InChI is InChI=1S/C12H14BrF2NO/c1-17-12-9(13)6-7(10(14)11(12)15)5-8-3-2-4-16-8/h6,8,16H,2-5H2,1H3. The van der Waals surface area contributed by atoms with E-state index in [1.165, 1.54) is 7.11 Å². The lowest BCUT2D eigenvalue weighted by atomic mass is 10.0. The van der Waals surface area contributed by atoms with Crippen LogP contribution in [0.2, 0.25) is 0 Å². The van der Waals surface area contributed by atoms with E-state index < -0.39 is 11.6 Å². The van der Waals surface area contributed by atoms with Gasteiger partial charge in [0.05, 0.1) is 11.6 Å². The Morgan fingerprint density at radius 1 is 1.47 bits per heavy atom. The van der Waals surface area contributed by atoms with Crippen molar-refractivity contribution in [3.8, 4) is 5.75 Å². The van der Waals surface area contributed by atoms with Crippen LogP contribution in [0.15, 0.2) is 10.5 Å². The number of halogens is 3. The minimum absolute atomic E-state index is 0.0781. The summed E-state index contributed by atoms with van der Waals surface area (Å²) in [6.07, 6.45) is 2.60. The van der Waals surface area contributed by atoms with Crippen LogP contribution in [0.4, 0.5) is 8.78 Å². The van der Waals surface area contributed by atoms with Gasteiger partial charge in [-0.1, -0.05) is 0 Å². The van der Waals surface area contributed by atoms with Gasteiger partial charge < -0.3 is 10.1 Å². The fourth-order valence-corrected chi connectivity index (χ4v) is 2.77. The molecule has 17 heavy (non-hydrogen) atoms. The second-order valence-corrected chi connectivity index (χ2v) is 5.03. The van der Waals surface area contributed by atoms with E-state index in [2.05, 4.69) is 21.2 Å². The van der Waals surface area contributed by atoms with E-state index in [0.717, 1.165) is 19.4 Å². The highest BCUT2D eigenvalue weighted by Crippen LogP contribution is 2.32. The molecule has 0 aliphatic carbocycles. The summed E-state index contributed by atoms with van der Waals surface area (Å²) in [6, 6.07) is 1.83. The predicted molar refractivity (Wildman–Crippen MR) is 65.3 cm³/mol. The summed E-state index contributed by atoms with van der Waals surface area (Å²) < 4.78 is 32.7. The van der Waals surface area contributed by atoms with Crippen molar-refractivity contribution < 1.29 is 13.5 Å². The third-order valence-electron chi connectivity index (χ3n) is 3.02. The maximum Gasteiger partial charge on any atom is 0.202 e. The van der Waals surface area contributed by atoms with Gasteiger partial charge >= 0.3 is 0 Å². The molecule has 0 amide bonds. The molecule has 0 aromatic heterocycles. The van der Waals surface area contributed by atoms with E-state index in [1.54, 1.807) is 6.07 Å². The molecule has 0 saturated carbocycles. The van der Waals surface area contributed by atoms with Crippen LogP contribution >= 0.6 is 15.9 Å². The fraction of sp³-hybridized carbons (Fsp3) is 0.500. The maximum atomic E-state index is 13.8. The molecule has 1 aliphatic heterocycles. The molecule has 1 aromatic carbocycles. The van der Waals surface area contributed by atoms with Crippen molar-refractivity contribution >= 4 is 15.9 Å². The average Bonchev–Trinajstić information content (AvgIpc) is 2.79. The zero-order valence-corrected chi connectivity index (χ0v) is 11.1. The molecular weight excluding hydrogens is 292 g/mol. The molecule has 1 fully saturated rings. The Hall–Kier alpha value is -0.680. The number of nitrogens with one attached hydrogen (secondary N) is 1. The molecule has 1 aromatic rings. The van der Waals surface area contributed by atoms with E-state index in [-0.39, 0.29) is 11.8 Å². The van der Waals surface area contributed by atoms with E-state index in [4.69, 9.17) is 4.74 Å². The third-order valence-corrected chi connectivity index (χ3v) is 3.61. The van der Waals surface area contributed by atoms with E-state index in [9.17, 15) is 8.78 Å². The van der Waals surface area contributed by atoms with Gasteiger partial charge in [-0.05, 0) is 53.4 Å². The van der Waals surface area contributed by atoms with Crippen LogP contribution in [-0.4, -0.2) is 19.7 Å². The smallest absolute Gasteiger partial charge is 0.202 e. The summed E-state index contributed by atoms with van der Waals surface area (Å²) in [5.41, 5.74) is 0.384. The molecule has 1 unspecified atom stereocenters. The molecule has 94 valence electrons. The molecule has 1 heterocycles. The highest BCUT2D eigenvalue weighted by Gasteiger charge is 2.21. The van der Waals surface area contributed by atoms with E-state index in [1.807, 2.05) is 0 Å². The summed E-state index contributed by atoms with van der Waals surface area (Å²) in [5.74, 6) is -1.81. The van der Waals surface area contributed by atoms with Gasteiger partial charge in [0.2, 0.25) is 5.82 Å². The highest BCUT2D eigenvalue weighted by atomic mass is 79.9. The van der Waals surface area contributed by atoms with Gasteiger partial charge in [0.15, 0.2) is 11.6 Å². The number of hydrogen-bond donors (Lipinski definition) is 1. The molecular formula is C12H14BrF2NO. The van der Waals surface area contributed by atoms with E-state index in [0.29, 0.717) is 16.5 Å². The third kappa shape index (κ3) is 2.60. The first-order valence-electron chi connectivity index (χ1n) is 5.57. The Labute approximate surface area is 107 Å². The van der Waals surface area contributed by atoms with Gasteiger partial charge in [0.25, 0.3) is 0 Å². The minimum atomic E-state index is -0.921. The number of methoxy groups -OCH3 is 1. The molecule has 1 saturated heterocycles. The SMILES string of the molecule is COc1c(Br)cc(CC2CCCN2)c(F)c1F. The Morgan fingerprint density at radius 3 is 2.82 bits per heavy atom. The zero-order chi connectivity index (χ0) is 12.4. The molecule has 1 aliphatic rings. The van der Waals surface area contributed by atoms with Crippen LogP contribution in [0, 0.1) is 11.6 Å². The van der Waals surface area contributed by atoms with Crippen molar-refractivity contribution in [1.82, 2.24) is 5.32 Å². The quantitative estimate of drug-likeness (QED) is 0.867. The van der Waals surface area contributed by atoms with Crippen LogP contribution in [0.3, 0.4) is 0 Å². The first kappa shape index (κ1) is 12.8. The van der Waals surface area contributed by atoms with Crippen molar-refractivity contribution in [3.63, 3.8) is 0 Å². The lowest BCUT2D eigenvalue weighted by molar-refractivity contribution is 0.366. The second-order valence-electron chi connectivity index (χ2n) is 4.18. The zero-order valence-electron chi connectivity index (χ0n) is 9.53. The van der Waals surface area contributed by atoms with Gasteiger partial charge in [-0.25, -0.2) is 4.39 Å². The van der Waals surface area contributed by atoms with E-state index >= 15 is 0 Å². The van der Waals surface area contributed by atoms with Gasteiger partial charge in [-0.15, -0.1) is 0 Å². The molecule has 2 rings (SSSR count). The molecule has 1 atom stereocenters. The second kappa shape index (κ2) is 5.31. The highest BCUT2D eigenvalue weighted by molar-refractivity contribution is 9.10.